The first-order chi connectivity index (χ1) is 44.5. The van der Waals surface area contributed by atoms with E-state index in [9.17, 15) is 19.4 Å². The van der Waals surface area contributed by atoms with Gasteiger partial charge in [0.15, 0.2) is 0 Å². The normalized spacial score (nSPS) is 14.0. The molecule has 0 aliphatic carbocycles. The highest BCUT2D eigenvalue weighted by atomic mass is 31.2. The number of nitrogens with zero attached hydrogens (tertiary/aromatic N) is 1. The molecule has 0 rings (SSSR count). The lowest BCUT2D eigenvalue weighted by Crippen LogP contribution is -2.45. The molecule has 9 heteroatoms. The lowest BCUT2D eigenvalue weighted by molar-refractivity contribution is -0.870. The molecule has 0 saturated heterocycles. The summed E-state index contributed by atoms with van der Waals surface area (Å²) in [5.41, 5.74) is 0. The van der Waals surface area contributed by atoms with Crippen molar-refractivity contribution in [2.45, 2.75) is 392 Å². The van der Waals surface area contributed by atoms with Crippen LogP contribution in [0.4, 0.5) is 0 Å². The number of phosphoric acid groups is 1. The number of rotatable bonds is 73. The van der Waals surface area contributed by atoms with Crippen LogP contribution in [0.15, 0.2) is 85.1 Å². The molecule has 0 heterocycles. The van der Waals surface area contributed by atoms with Gasteiger partial charge in [0.05, 0.1) is 39.9 Å². The Morgan fingerprint density at radius 3 is 0.978 bits per heavy atom. The molecule has 0 aromatic carbocycles. The van der Waals surface area contributed by atoms with Crippen molar-refractivity contribution in [3.63, 3.8) is 0 Å². The molecule has 0 aliphatic heterocycles. The van der Waals surface area contributed by atoms with Gasteiger partial charge >= 0.3 is 0 Å². The first kappa shape index (κ1) is 88.7. The van der Waals surface area contributed by atoms with Crippen molar-refractivity contribution in [2.24, 2.45) is 0 Å². The number of hydrogen-bond acceptors (Lipinski definition) is 6. The van der Waals surface area contributed by atoms with Gasteiger partial charge in [-0.25, -0.2) is 0 Å². The van der Waals surface area contributed by atoms with Crippen LogP contribution < -0.4 is 10.2 Å². The smallest absolute Gasteiger partial charge is 0.268 e. The largest absolute Gasteiger partial charge is 0.756 e. The maximum atomic E-state index is 13.1. The van der Waals surface area contributed by atoms with Gasteiger partial charge in [0, 0.05) is 6.42 Å². The van der Waals surface area contributed by atoms with Gasteiger partial charge in [-0.05, 0) is 70.6 Å². The van der Waals surface area contributed by atoms with Gasteiger partial charge in [-0.2, -0.15) is 0 Å². The van der Waals surface area contributed by atoms with E-state index in [1.807, 2.05) is 27.2 Å². The predicted molar refractivity (Wildman–Crippen MR) is 399 cm³/mol. The Kier molecular flexibility index (Phi) is 70.1. The van der Waals surface area contributed by atoms with Crippen LogP contribution in [-0.4, -0.2) is 68.5 Å². The van der Waals surface area contributed by atoms with E-state index in [0.717, 1.165) is 77.0 Å². The van der Waals surface area contributed by atoms with E-state index in [1.54, 1.807) is 6.08 Å². The fraction of sp³-hybridized carbons (Fsp3) is 0.817. The third kappa shape index (κ3) is 74.9. The number of nitrogens with one attached hydrogen (secondary N) is 1. The number of unbranched alkanes of at least 4 members (excludes halogenated alkanes) is 48. The molecule has 0 aliphatic rings. The van der Waals surface area contributed by atoms with Crippen LogP contribution in [0.5, 0.6) is 0 Å². The van der Waals surface area contributed by atoms with Crippen LogP contribution in [0.25, 0.3) is 0 Å². The molecule has 3 unspecified atom stereocenters. The fourth-order valence-electron chi connectivity index (χ4n) is 11.8. The van der Waals surface area contributed by atoms with E-state index in [2.05, 4.69) is 92.1 Å². The van der Waals surface area contributed by atoms with Gasteiger partial charge in [0.1, 0.15) is 13.2 Å². The molecule has 0 aromatic heterocycles. The van der Waals surface area contributed by atoms with Gasteiger partial charge in [0.2, 0.25) is 5.91 Å². The Labute approximate surface area is 567 Å². The van der Waals surface area contributed by atoms with Crippen LogP contribution >= 0.6 is 7.82 Å². The molecule has 0 spiro atoms. The van der Waals surface area contributed by atoms with Crippen molar-refractivity contribution in [2.75, 3.05) is 40.9 Å². The average molecular weight is 1290 g/mol. The third-order valence-electron chi connectivity index (χ3n) is 17.9. The number of phosphoric ester groups is 1. The lowest BCUT2D eigenvalue weighted by Gasteiger charge is -2.29. The summed E-state index contributed by atoms with van der Waals surface area (Å²) in [7, 11) is 1.27. The molecule has 0 fully saturated rings. The molecule has 532 valence electrons. The number of aliphatic hydroxyl groups excluding tert-OH is 1. The van der Waals surface area contributed by atoms with Crippen molar-refractivity contribution >= 4 is 13.7 Å². The van der Waals surface area contributed by atoms with E-state index in [-0.39, 0.29) is 19.1 Å². The quantitative estimate of drug-likeness (QED) is 0.0272. The Morgan fingerprint density at radius 2 is 0.670 bits per heavy atom. The highest BCUT2D eigenvalue weighted by Gasteiger charge is 2.23. The Balaban J connectivity index is 3.97. The third-order valence-corrected chi connectivity index (χ3v) is 18.8. The van der Waals surface area contributed by atoms with Gasteiger partial charge in [-0.15, -0.1) is 0 Å². The number of carbonyl (C=O) groups is 1. The first-order valence-electron chi connectivity index (χ1n) is 39.4. The van der Waals surface area contributed by atoms with Crippen molar-refractivity contribution in [1.29, 1.82) is 0 Å². The molecule has 8 nitrogen and oxygen atoms in total. The van der Waals surface area contributed by atoms with E-state index in [0.29, 0.717) is 17.4 Å². The molecule has 2 N–H and O–H groups in total. The number of hydrogen-bond donors (Lipinski definition) is 2. The summed E-state index contributed by atoms with van der Waals surface area (Å²) in [5.74, 6) is -0.192. The van der Waals surface area contributed by atoms with Crippen LogP contribution in [-0.2, 0) is 18.4 Å². The zero-order chi connectivity index (χ0) is 66.2. The van der Waals surface area contributed by atoms with Crippen LogP contribution in [0.2, 0.25) is 0 Å². The summed E-state index contributed by atoms with van der Waals surface area (Å²) < 4.78 is 23.5. The molecular formula is C82H153N2O6P. The summed E-state index contributed by atoms with van der Waals surface area (Å²) in [5, 5.41) is 14.0. The van der Waals surface area contributed by atoms with Gasteiger partial charge < -0.3 is 28.8 Å². The summed E-state index contributed by atoms with van der Waals surface area (Å²) in [6, 6.07) is -0.890. The fourth-order valence-corrected chi connectivity index (χ4v) is 12.5. The van der Waals surface area contributed by atoms with Crippen molar-refractivity contribution in [3.8, 4) is 0 Å². The van der Waals surface area contributed by atoms with E-state index in [4.69, 9.17) is 9.05 Å². The molecule has 0 radical (unpaired) electrons. The van der Waals surface area contributed by atoms with Crippen LogP contribution in [0, 0.1) is 0 Å². The number of amides is 1. The number of likely N-dealkylation sites (N-methyl/N-ethyl adjacent to an activating group) is 1. The van der Waals surface area contributed by atoms with Gasteiger partial charge in [0.25, 0.3) is 7.82 Å². The van der Waals surface area contributed by atoms with Crippen LogP contribution in [0.1, 0.15) is 380 Å². The Bertz CT molecular complexity index is 1760. The Hall–Kier alpha value is -2.32. The highest BCUT2D eigenvalue weighted by Crippen LogP contribution is 2.38. The highest BCUT2D eigenvalue weighted by molar-refractivity contribution is 7.45. The zero-order valence-corrected chi connectivity index (χ0v) is 61.9. The van der Waals surface area contributed by atoms with Crippen LogP contribution in [0.3, 0.4) is 0 Å². The summed E-state index contributed by atoms with van der Waals surface area (Å²) in [6.45, 7) is 4.59. The van der Waals surface area contributed by atoms with E-state index >= 15 is 0 Å². The van der Waals surface area contributed by atoms with Crippen molar-refractivity contribution < 1.29 is 32.9 Å². The molecular weight excluding hydrogens is 1140 g/mol. The number of quaternary nitrogens is 1. The second-order valence-electron chi connectivity index (χ2n) is 28.0. The van der Waals surface area contributed by atoms with E-state index in [1.165, 1.54) is 283 Å². The Morgan fingerprint density at radius 1 is 0.396 bits per heavy atom. The predicted octanol–water partition coefficient (Wildman–Crippen LogP) is 25.2. The maximum Gasteiger partial charge on any atom is 0.268 e. The summed E-state index contributed by atoms with van der Waals surface area (Å²) in [4.78, 5) is 25.7. The van der Waals surface area contributed by atoms with Gasteiger partial charge in [-0.1, -0.05) is 388 Å². The maximum absolute atomic E-state index is 13.1. The molecule has 1 amide bonds. The second kappa shape index (κ2) is 72.0. The minimum atomic E-state index is -4.61. The SMILES string of the molecule is CC/C=C\C/C=C\C/C=C\C/C=C\C/C=C\C/C=C\CCCCCCCCCCCCCCCCCCCCCCC(=O)NC(COP(=O)([O-])OCC[N+](C)(C)C)C(O)/C=C/CCCCCCCCCCCCCCCCCCCCCCCCCCCCCC. The van der Waals surface area contributed by atoms with Gasteiger partial charge in [-0.3, -0.25) is 9.36 Å². The minimum Gasteiger partial charge on any atom is -0.756 e. The monoisotopic (exact) mass is 1290 g/mol. The topological polar surface area (TPSA) is 108 Å². The number of carbonyl (C=O) groups excluding carboxylic acids is 1. The van der Waals surface area contributed by atoms with Crippen molar-refractivity contribution in [3.05, 3.63) is 85.1 Å². The molecule has 0 aromatic rings. The second-order valence-corrected chi connectivity index (χ2v) is 29.5. The lowest BCUT2D eigenvalue weighted by atomic mass is 10.0. The standard InChI is InChI=1S/C82H153N2O6P/c1-6-8-10-12-14-16-18-20-22-24-26-28-30-32-34-36-38-39-40-41-42-43-44-45-46-48-50-52-54-56-58-60-62-64-66-68-70-72-74-76-82(86)83-80(79-90-91(87,88)89-78-77-84(3,4)5)81(85)75-73-71-69-67-65-63-61-59-57-55-53-51-49-47-37-35-33-31-29-27-25-23-21-19-17-15-13-11-9-7-2/h8,10,14,16,20,22,26,28,32,34,38-39,73,75,80-81,85H,6-7,9,11-13,15,17-19,21,23-25,27,29-31,33,35-37,40-72,74,76-79H2,1-5H3,(H-,83,86,87,88)/b10-8-,16-14-,22-20-,28-26-,34-32-,39-38-,75-73+. The number of allylic oxidation sites excluding steroid dienone is 13. The average Bonchev–Trinajstić information content (AvgIpc) is 3.58. The van der Waals surface area contributed by atoms with Crippen molar-refractivity contribution in [1.82, 2.24) is 5.32 Å². The van der Waals surface area contributed by atoms with E-state index < -0.39 is 20.0 Å². The summed E-state index contributed by atoms with van der Waals surface area (Å²) >= 11 is 0. The number of aliphatic hydroxyl groups is 1. The molecule has 3 atom stereocenters. The summed E-state index contributed by atoms with van der Waals surface area (Å²) in [6.07, 6.45) is 103. The molecule has 0 bridgehead atoms. The molecule has 91 heavy (non-hydrogen) atoms. The molecule has 0 saturated carbocycles. The minimum absolute atomic E-state index is 0.000969. The zero-order valence-electron chi connectivity index (χ0n) is 61.0. The first-order valence-corrected chi connectivity index (χ1v) is 40.9.